The number of aromatic nitrogens is 2. The minimum atomic E-state index is -3.66. The molecule has 0 atom stereocenters. The van der Waals surface area contributed by atoms with Gasteiger partial charge in [0.15, 0.2) is 0 Å². The Balaban J connectivity index is 2.34. The van der Waals surface area contributed by atoms with Crippen molar-refractivity contribution in [3.8, 4) is 0 Å². The van der Waals surface area contributed by atoms with Gasteiger partial charge in [-0.05, 0) is 58.4 Å². The summed E-state index contributed by atoms with van der Waals surface area (Å²) in [7, 11) is -3.66. The summed E-state index contributed by atoms with van der Waals surface area (Å²) in [5.74, 6) is 0. The zero-order valence-corrected chi connectivity index (χ0v) is 15.1. The third-order valence-corrected chi connectivity index (χ3v) is 5.54. The Morgan fingerprint density at radius 1 is 1.17 bits per heavy atom. The van der Waals surface area contributed by atoms with Gasteiger partial charge in [-0.25, -0.2) is 8.42 Å². The minimum absolute atomic E-state index is 0.213. The molecule has 126 valence electrons. The van der Waals surface area contributed by atoms with E-state index in [1.54, 1.807) is 13.8 Å². The molecule has 0 radical (unpaired) electrons. The van der Waals surface area contributed by atoms with Crippen molar-refractivity contribution in [2.45, 2.75) is 39.5 Å². The Kier molecular flexibility index (Phi) is 4.99. The first-order valence-corrected chi connectivity index (χ1v) is 9.18. The number of nitrogens with one attached hydrogen (secondary N) is 2. The van der Waals surface area contributed by atoms with Gasteiger partial charge >= 0.3 is 0 Å². The van der Waals surface area contributed by atoms with Crippen LogP contribution in [-0.2, 0) is 10.0 Å². The minimum Gasteiger partial charge on any atom is -0.372 e. The van der Waals surface area contributed by atoms with Crippen LogP contribution in [0.4, 0.5) is 11.4 Å². The van der Waals surface area contributed by atoms with Gasteiger partial charge < -0.3 is 4.90 Å². The SMILES string of the molecule is CCN(CC)c1ccc(NS(=O)(=O)c2c(C)n[nH]c2C)c(C)c1. The molecule has 0 aliphatic carbocycles. The van der Waals surface area contributed by atoms with Crippen LogP contribution in [0.15, 0.2) is 23.1 Å². The summed E-state index contributed by atoms with van der Waals surface area (Å²) in [6.07, 6.45) is 0. The molecule has 6 nitrogen and oxygen atoms in total. The van der Waals surface area contributed by atoms with Crippen molar-refractivity contribution < 1.29 is 8.42 Å². The first kappa shape index (κ1) is 17.3. The highest BCUT2D eigenvalue weighted by molar-refractivity contribution is 7.92. The second-order valence-corrected chi connectivity index (χ2v) is 7.16. The Bertz CT molecular complexity index is 773. The first-order chi connectivity index (χ1) is 10.8. The van der Waals surface area contributed by atoms with Crippen LogP contribution >= 0.6 is 0 Å². The zero-order chi connectivity index (χ0) is 17.2. The molecule has 1 aromatic carbocycles. The molecule has 0 aliphatic heterocycles. The molecule has 0 spiro atoms. The van der Waals surface area contributed by atoms with E-state index < -0.39 is 10.0 Å². The summed E-state index contributed by atoms with van der Waals surface area (Å²) in [6.45, 7) is 11.3. The summed E-state index contributed by atoms with van der Waals surface area (Å²) in [5, 5.41) is 6.66. The fraction of sp³-hybridized carbons (Fsp3) is 0.438. The van der Waals surface area contributed by atoms with Crippen LogP contribution in [0, 0.1) is 20.8 Å². The molecule has 2 rings (SSSR count). The quantitative estimate of drug-likeness (QED) is 0.850. The van der Waals surface area contributed by atoms with Gasteiger partial charge in [0, 0.05) is 18.8 Å². The first-order valence-electron chi connectivity index (χ1n) is 7.70. The molecule has 0 saturated carbocycles. The van der Waals surface area contributed by atoms with E-state index in [4.69, 9.17) is 0 Å². The summed E-state index contributed by atoms with van der Waals surface area (Å²) < 4.78 is 27.9. The molecule has 0 aliphatic rings. The van der Waals surface area contributed by atoms with Crippen molar-refractivity contribution >= 4 is 21.4 Å². The fourth-order valence-electron chi connectivity index (χ4n) is 2.68. The van der Waals surface area contributed by atoms with Gasteiger partial charge in [-0.15, -0.1) is 0 Å². The van der Waals surface area contributed by atoms with Gasteiger partial charge in [-0.3, -0.25) is 9.82 Å². The van der Waals surface area contributed by atoms with Gasteiger partial charge in [0.05, 0.1) is 17.1 Å². The van der Waals surface area contributed by atoms with Crippen LogP contribution in [-0.4, -0.2) is 31.7 Å². The highest BCUT2D eigenvalue weighted by Gasteiger charge is 2.23. The number of rotatable bonds is 6. The van der Waals surface area contributed by atoms with Crippen molar-refractivity contribution in [1.82, 2.24) is 10.2 Å². The number of sulfonamides is 1. The van der Waals surface area contributed by atoms with E-state index in [1.165, 1.54) is 0 Å². The van der Waals surface area contributed by atoms with Crippen molar-refractivity contribution in [3.63, 3.8) is 0 Å². The third kappa shape index (κ3) is 3.50. The number of hydrogen-bond acceptors (Lipinski definition) is 4. The number of benzene rings is 1. The molecule has 7 heteroatoms. The Morgan fingerprint density at radius 3 is 2.30 bits per heavy atom. The lowest BCUT2D eigenvalue weighted by molar-refractivity contribution is 0.600. The van der Waals surface area contributed by atoms with Crippen LogP contribution in [0.2, 0.25) is 0 Å². The topological polar surface area (TPSA) is 78.1 Å². The summed E-state index contributed by atoms with van der Waals surface area (Å²) >= 11 is 0. The van der Waals surface area contributed by atoms with E-state index >= 15 is 0 Å². The van der Waals surface area contributed by atoms with Gasteiger partial charge in [0.1, 0.15) is 4.90 Å². The highest BCUT2D eigenvalue weighted by atomic mass is 32.2. The van der Waals surface area contributed by atoms with E-state index in [0.717, 1.165) is 24.3 Å². The maximum Gasteiger partial charge on any atom is 0.265 e. The number of nitrogens with zero attached hydrogens (tertiary/aromatic N) is 2. The van der Waals surface area contributed by atoms with E-state index in [1.807, 2.05) is 25.1 Å². The monoisotopic (exact) mass is 336 g/mol. The maximum atomic E-state index is 12.6. The smallest absolute Gasteiger partial charge is 0.265 e. The Labute approximate surface area is 138 Å². The van der Waals surface area contributed by atoms with Crippen molar-refractivity contribution in [3.05, 3.63) is 35.2 Å². The fourth-order valence-corrected chi connectivity index (χ4v) is 4.18. The maximum absolute atomic E-state index is 12.6. The van der Waals surface area contributed by atoms with Crippen molar-refractivity contribution in [1.29, 1.82) is 0 Å². The van der Waals surface area contributed by atoms with Gasteiger partial charge in [0.2, 0.25) is 0 Å². The second kappa shape index (κ2) is 6.62. The molecular formula is C16H24N4O2S. The number of H-pyrrole nitrogens is 1. The molecule has 0 saturated heterocycles. The van der Waals surface area contributed by atoms with E-state index in [2.05, 4.69) is 33.7 Å². The number of anilines is 2. The molecule has 23 heavy (non-hydrogen) atoms. The molecule has 0 unspecified atom stereocenters. The predicted molar refractivity (Wildman–Crippen MR) is 93.6 cm³/mol. The second-order valence-electron chi connectivity index (χ2n) is 5.54. The van der Waals surface area contributed by atoms with E-state index in [9.17, 15) is 8.42 Å². The van der Waals surface area contributed by atoms with Crippen LogP contribution in [0.1, 0.15) is 30.8 Å². The van der Waals surface area contributed by atoms with Crippen LogP contribution < -0.4 is 9.62 Å². The van der Waals surface area contributed by atoms with Crippen LogP contribution in [0.3, 0.4) is 0 Å². The third-order valence-electron chi connectivity index (χ3n) is 3.91. The van der Waals surface area contributed by atoms with Crippen molar-refractivity contribution in [2.24, 2.45) is 0 Å². The number of aromatic amines is 1. The molecule has 2 aromatic rings. The lowest BCUT2D eigenvalue weighted by Crippen LogP contribution is -2.22. The molecular weight excluding hydrogens is 312 g/mol. The number of aryl methyl sites for hydroxylation is 3. The molecule has 0 fully saturated rings. The molecule has 0 bridgehead atoms. The Hall–Kier alpha value is -2.02. The molecule has 1 heterocycles. The largest absolute Gasteiger partial charge is 0.372 e. The van der Waals surface area contributed by atoms with Gasteiger partial charge in [0.25, 0.3) is 10.0 Å². The lowest BCUT2D eigenvalue weighted by Gasteiger charge is -2.22. The van der Waals surface area contributed by atoms with Crippen molar-refractivity contribution in [2.75, 3.05) is 22.7 Å². The summed E-state index contributed by atoms with van der Waals surface area (Å²) in [6, 6.07) is 5.75. The van der Waals surface area contributed by atoms with E-state index in [-0.39, 0.29) is 4.90 Å². The average molecular weight is 336 g/mol. The standard InChI is InChI=1S/C16H24N4O2S/c1-6-20(7-2)14-8-9-15(11(3)10-14)19-23(21,22)16-12(4)17-18-13(16)5/h8-10,19H,6-7H2,1-5H3,(H,17,18). The average Bonchev–Trinajstić information content (AvgIpc) is 2.83. The normalized spacial score (nSPS) is 11.5. The molecule has 1 aromatic heterocycles. The predicted octanol–water partition coefficient (Wildman–Crippen LogP) is 2.98. The van der Waals surface area contributed by atoms with Crippen LogP contribution in [0.25, 0.3) is 0 Å². The molecule has 0 amide bonds. The summed E-state index contributed by atoms with van der Waals surface area (Å²) in [4.78, 5) is 2.43. The molecule has 2 N–H and O–H groups in total. The number of hydrogen-bond donors (Lipinski definition) is 2. The highest BCUT2D eigenvalue weighted by Crippen LogP contribution is 2.26. The lowest BCUT2D eigenvalue weighted by atomic mass is 10.1. The van der Waals surface area contributed by atoms with Gasteiger partial charge in [-0.2, -0.15) is 5.10 Å². The van der Waals surface area contributed by atoms with Gasteiger partial charge in [-0.1, -0.05) is 0 Å². The van der Waals surface area contributed by atoms with E-state index in [0.29, 0.717) is 17.1 Å². The Morgan fingerprint density at radius 2 is 1.83 bits per heavy atom. The summed E-state index contributed by atoms with van der Waals surface area (Å²) in [5.41, 5.74) is 3.56. The zero-order valence-electron chi connectivity index (χ0n) is 14.3. The van der Waals surface area contributed by atoms with Crippen LogP contribution in [0.5, 0.6) is 0 Å².